The van der Waals surface area contributed by atoms with E-state index in [-0.39, 0.29) is 0 Å². The highest BCUT2D eigenvalue weighted by Crippen LogP contribution is 2.44. The van der Waals surface area contributed by atoms with Gasteiger partial charge in [-0.3, -0.25) is 0 Å². The molecule has 0 unspecified atom stereocenters. The van der Waals surface area contributed by atoms with Gasteiger partial charge in [0.2, 0.25) is 0 Å². The fraction of sp³-hybridized carbons (Fsp3) is 0.250. The Balaban J connectivity index is 1.99. The fourth-order valence-corrected chi connectivity index (χ4v) is 3.90. The molecule has 0 atom stereocenters. The Labute approximate surface area is 150 Å². The van der Waals surface area contributed by atoms with Crippen molar-refractivity contribution in [3.63, 3.8) is 0 Å². The summed E-state index contributed by atoms with van der Waals surface area (Å²) in [7, 11) is 0. The summed E-state index contributed by atoms with van der Waals surface area (Å²) in [5, 5.41) is 0. The van der Waals surface area contributed by atoms with Gasteiger partial charge in [-0.2, -0.15) is 0 Å². The van der Waals surface area contributed by atoms with Gasteiger partial charge in [0.1, 0.15) is 0 Å². The number of aryl methyl sites for hydroxylation is 4. The van der Waals surface area contributed by atoms with E-state index in [1.54, 1.807) is 0 Å². The predicted molar refractivity (Wildman–Crippen MR) is 108 cm³/mol. The molecule has 4 rings (SSSR count). The lowest BCUT2D eigenvalue weighted by Crippen LogP contribution is -2.19. The summed E-state index contributed by atoms with van der Waals surface area (Å²) < 4.78 is 0. The highest BCUT2D eigenvalue weighted by Gasteiger charge is 2.24. The van der Waals surface area contributed by atoms with Crippen molar-refractivity contribution in [2.24, 2.45) is 0 Å². The standard InChI is InChI=1S/C24H25N/c1-15-6-8-23-20(10-15)14-21-11-16(2)7-9-24(21)25(23)22-12-17(3)19(5)18(4)13-22/h6-13H,14H2,1-5H3. The van der Waals surface area contributed by atoms with Crippen LogP contribution in [0.5, 0.6) is 0 Å². The molecule has 0 radical (unpaired) electrons. The third-order valence-electron chi connectivity index (χ3n) is 5.50. The summed E-state index contributed by atoms with van der Waals surface area (Å²) in [6.07, 6.45) is 1.01. The van der Waals surface area contributed by atoms with Crippen LogP contribution >= 0.6 is 0 Å². The van der Waals surface area contributed by atoms with E-state index in [0.29, 0.717) is 0 Å². The maximum absolute atomic E-state index is 2.44. The largest absolute Gasteiger partial charge is 0.310 e. The number of rotatable bonds is 1. The molecule has 1 aliphatic heterocycles. The van der Waals surface area contributed by atoms with Gasteiger partial charge in [-0.25, -0.2) is 0 Å². The SMILES string of the molecule is Cc1ccc2c(c1)Cc1cc(C)ccc1N2c1cc(C)c(C)c(C)c1. The second kappa shape index (κ2) is 5.77. The van der Waals surface area contributed by atoms with E-state index in [4.69, 9.17) is 0 Å². The Kier molecular flexibility index (Phi) is 3.68. The maximum Gasteiger partial charge on any atom is 0.0497 e. The van der Waals surface area contributed by atoms with Crippen LogP contribution in [0, 0.1) is 34.6 Å². The Morgan fingerprint density at radius 2 is 1.12 bits per heavy atom. The molecule has 0 aromatic heterocycles. The summed E-state index contributed by atoms with van der Waals surface area (Å²) in [5.41, 5.74) is 13.4. The molecular formula is C24H25N. The lowest BCUT2D eigenvalue weighted by molar-refractivity contribution is 1.07. The van der Waals surface area contributed by atoms with Crippen molar-refractivity contribution < 1.29 is 0 Å². The van der Waals surface area contributed by atoms with Crippen molar-refractivity contribution in [2.45, 2.75) is 41.0 Å². The second-order valence-electron chi connectivity index (χ2n) is 7.48. The monoisotopic (exact) mass is 327 g/mol. The molecule has 0 saturated heterocycles. The highest BCUT2D eigenvalue weighted by molar-refractivity contribution is 5.84. The van der Waals surface area contributed by atoms with Crippen LogP contribution in [0.4, 0.5) is 17.1 Å². The summed E-state index contributed by atoms with van der Waals surface area (Å²) in [6.45, 7) is 11.0. The number of hydrogen-bond acceptors (Lipinski definition) is 1. The number of hydrogen-bond donors (Lipinski definition) is 0. The number of fused-ring (bicyclic) bond motifs is 2. The van der Waals surface area contributed by atoms with E-state index in [1.807, 2.05) is 0 Å². The Morgan fingerprint density at radius 1 is 0.640 bits per heavy atom. The van der Waals surface area contributed by atoms with Gasteiger partial charge in [0.15, 0.2) is 0 Å². The molecule has 0 saturated carbocycles. The van der Waals surface area contributed by atoms with Gasteiger partial charge in [-0.15, -0.1) is 0 Å². The predicted octanol–water partition coefficient (Wildman–Crippen LogP) is 6.60. The van der Waals surface area contributed by atoms with Gasteiger partial charge in [-0.05, 0) is 86.7 Å². The molecule has 0 spiro atoms. The third-order valence-corrected chi connectivity index (χ3v) is 5.50. The summed E-state index contributed by atoms with van der Waals surface area (Å²) in [4.78, 5) is 2.44. The summed E-state index contributed by atoms with van der Waals surface area (Å²) in [5.74, 6) is 0. The molecule has 1 nitrogen and oxygen atoms in total. The zero-order valence-corrected chi connectivity index (χ0v) is 15.8. The molecule has 3 aromatic rings. The smallest absolute Gasteiger partial charge is 0.0497 e. The molecule has 25 heavy (non-hydrogen) atoms. The van der Waals surface area contributed by atoms with Crippen LogP contribution in [-0.4, -0.2) is 0 Å². The fourth-order valence-electron chi connectivity index (χ4n) is 3.90. The first-order chi connectivity index (χ1) is 11.9. The molecule has 0 N–H and O–H groups in total. The van der Waals surface area contributed by atoms with Crippen LogP contribution in [0.3, 0.4) is 0 Å². The van der Waals surface area contributed by atoms with Crippen molar-refractivity contribution in [2.75, 3.05) is 4.90 Å². The van der Waals surface area contributed by atoms with Gasteiger partial charge >= 0.3 is 0 Å². The first kappa shape index (κ1) is 16.0. The summed E-state index contributed by atoms with van der Waals surface area (Å²) >= 11 is 0. The zero-order chi connectivity index (χ0) is 17.7. The summed E-state index contributed by atoms with van der Waals surface area (Å²) in [6, 6.07) is 18.3. The third kappa shape index (κ3) is 2.64. The Hall–Kier alpha value is -2.54. The van der Waals surface area contributed by atoms with E-state index >= 15 is 0 Å². The first-order valence-corrected chi connectivity index (χ1v) is 9.01. The van der Waals surface area contributed by atoms with Gasteiger partial charge in [-0.1, -0.05) is 35.4 Å². The van der Waals surface area contributed by atoms with E-state index in [0.717, 1.165) is 6.42 Å². The van der Waals surface area contributed by atoms with Crippen molar-refractivity contribution in [3.05, 3.63) is 87.5 Å². The van der Waals surface area contributed by atoms with E-state index in [1.165, 1.54) is 56.0 Å². The molecule has 1 heteroatoms. The second-order valence-corrected chi connectivity index (χ2v) is 7.48. The Morgan fingerprint density at radius 3 is 1.60 bits per heavy atom. The van der Waals surface area contributed by atoms with Crippen LogP contribution in [0.25, 0.3) is 0 Å². The first-order valence-electron chi connectivity index (χ1n) is 9.01. The molecule has 0 amide bonds. The molecule has 1 heterocycles. The quantitative estimate of drug-likeness (QED) is 0.380. The normalized spacial score (nSPS) is 12.8. The lowest BCUT2D eigenvalue weighted by atomic mass is 9.92. The molecule has 0 bridgehead atoms. The highest BCUT2D eigenvalue weighted by atomic mass is 15.2. The Bertz CT molecular complexity index is 907. The minimum absolute atomic E-state index is 1.01. The molecule has 0 fully saturated rings. The van der Waals surface area contributed by atoms with Crippen molar-refractivity contribution >= 4 is 17.1 Å². The van der Waals surface area contributed by atoms with Crippen LogP contribution in [0.2, 0.25) is 0 Å². The molecular weight excluding hydrogens is 302 g/mol. The van der Waals surface area contributed by atoms with Crippen LogP contribution in [-0.2, 0) is 6.42 Å². The van der Waals surface area contributed by atoms with E-state index in [2.05, 4.69) is 88.0 Å². The van der Waals surface area contributed by atoms with E-state index in [9.17, 15) is 0 Å². The molecule has 0 aliphatic carbocycles. The van der Waals surface area contributed by atoms with Crippen molar-refractivity contribution in [1.82, 2.24) is 0 Å². The van der Waals surface area contributed by atoms with Gasteiger partial charge in [0, 0.05) is 23.5 Å². The minimum atomic E-state index is 1.01. The van der Waals surface area contributed by atoms with Gasteiger partial charge in [0.25, 0.3) is 0 Å². The van der Waals surface area contributed by atoms with Gasteiger partial charge in [0.05, 0.1) is 0 Å². The van der Waals surface area contributed by atoms with Crippen molar-refractivity contribution in [1.29, 1.82) is 0 Å². The minimum Gasteiger partial charge on any atom is -0.310 e. The molecule has 126 valence electrons. The average Bonchev–Trinajstić information content (AvgIpc) is 2.56. The average molecular weight is 327 g/mol. The van der Waals surface area contributed by atoms with Crippen LogP contribution in [0.1, 0.15) is 38.9 Å². The number of nitrogens with zero attached hydrogens (tertiary/aromatic N) is 1. The maximum atomic E-state index is 2.44. The van der Waals surface area contributed by atoms with Crippen LogP contribution in [0.15, 0.2) is 48.5 Å². The van der Waals surface area contributed by atoms with Gasteiger partial charge < -0.3 is 4.90 Å². The molecule has 3 aromatic carbocycles. The zero-order valence-electron chi connectivity index (χ0n) is 15.8. The lowest BCUT2D eigenvalue weighted by Gasteiger charge is -2.34. The van der Waals surface area contributed by atoms with E-state index < -0.39 is 0 Å². The number of anilines is 3. The number of benzene rings is 3. The van der Waals surface area contributed by atoms with Crippen molar-refractivity contribution in [3.8, 4) is 0 Å². The molecule has 1 aliphatic rings. The topological polar surface area (TPSA) is 3.24 Å². The van der Waals surface area contributed by atoms with Crippen LogP contribution < -0.4 is 4.90 Å².